The molecule has 0 aromatic rings. The second-order valence-electron chi connectivity index (χ2n) is 8.37. The minimum atomic E-state index is -1.14. The lowest BCUT2D eigenvalue weighted by molar-refractivity contribution is -0.154. The van der Waals surface area contributed by atoms with Gasteiger partial charge in [-0.3, -0.25) is 9.59 Å². The normalized spacial score (nSPS) is 14.4. The van der Waals surface area contributed by atoms with Crippen LogP contribution >= 0.6 is 0 Å². The van der Waals surface area contributed by atoms with E-state index in [1.807, 2.05) is 0 Å². The maximum absolute atomic E-state index is 12.2. The molecule has 0 bridgehead atoms. The molecule has 0 aliphatic rings. The Balaban J connectivity index is 4.04. The van der Waals surface area contributed by atoms with Gasteiger partial charge < -0.3 is 20.1 Å². The van der Waals surface area contributed by atoms with E-state index in [9.17, 15) is 19.8 Å². The average molecular weight is 441 g/mol. The zero-order chi connectivity index (χ0) is 23.5. The Morgan fingerprint density at radius 3 is 2.23 bits per heavy atom. The van der Waals surface area contributed by atoms with E-state index in [2.05, 4.69) is 25.7 Å². The van der Waals surface area contributed by atoms with E-state index in [0.717, 1.165) is 44.9 Å². The molecule has 3 atom stereocenters. The molecular formula is C25H44O6. The van der Waals surface area contributed by atoms with Crippen molar-refractivity contribution in [2.45, 2.75) is 103 Å². The first-order valence-corrected chi connectivity index (χ1v) is 11.8. The number of carbonyl (C=O) groups excluding carboxylic acids is 2. The molecule has 0 radical (unpaired) electrons. The first kappa shape index (κ1) is 29.5. The molecule has 0 spiro atoms. The predicted octanol–water partition coefficient (Wildman–Crippen LogP) is 4.26. The van der Waals surface area contributed by atoms with E-state index in [0.29, 0.717) is 18.4 Å². The molecule has 0 amide bonds. The molecule has 0 aliphatic heterocycles. The molecule has 3 N–H and O–H groups in total. The Morgan fingerprint density at radius 1 is 0.935 bits per heavy atom. The van der Waals surface area contributed by atoms with Crippen LogP contribution in [0.5, 0.6) is 0 Å². The summed E-state index contributed by atoms with van der Waals surface area (Å²) in [4.78, 5) is 24.4. The van der Waals surface area contributed by atoms with Crippen molar-refractivity contribution in [3.05, 3.63) is 24.3 Å². The molecule has 0 aromatic carbocycles. The number of aliphatic hydroxyl groups is 3. The van der Waals surface area contributed by atoms with Gasteiger partial charge >= 0.3 is 5.97 Å². The summed E-state index contributed by atoms with van der Waals surface area (Å²) in [5.74, 6) is -1.90. The van der Waals surface area contributed by atoms with E-state index < -0.39 is 24.6 Å². The minimum absolute atomic E-state index is 0.242. The second kappa shape index (κ2) is 19.2. The highest BCUT2D eigenvalue weighted by molar-refractivity contribution is 6.07. The third-order valence-electron chi connectivity index (χ3n) is 5.23. The van der Waals surface area contributed by atoms with Crippen molar-refractivity contribution in [3.63, 3.8) is 0 Å². The van der Waals surface area contributed by atoms with Crippen LogP contribution in [0.15, 0.2) is 24.3 Å². The topological polar surface area (TPSA) is 104 Å². The highest BCUT2D eigenvalue weighted by Gasteiger charge is 2.28. The van der Waals surface area contributed by atoms with E-state index in [4.69, 9.17) is 9.84 Å². The monoisotopic (exact) mass is 440 g/mol. The number of aliphatic hydroxyl groups excluding tert-OH is 3. The van der Waals surface area contributed by atoms with Crippen molar-refractivity contribution < 1.29 is 29.6 Å². The molecule has 180 valence electrons. The molecule has 0 rings (SSSR count). The molecule has 0 saturated carbocycles. The molecule has 31 heavy (non-hydrogen) atoms. The summed E-state index contributed by atoms with van der Waals surface area (Å²) >= 11 is 0. The van der Waals surface area contributed by atoms with Crippen LogP contribution in [0.3, 0.4) is 0 Å². The van der Waals surface area contributed by atoms with Gasteiger partial charge in [-0.2, -0.15) is 0 Å². The standard InChI is InChI=1S/C25H44O6/c1-4-5-6-12-15-21(27)16-13-10-8-7-9-11-14-17-23(24(29)20(2)3)25(30)31-19-22(28)18-26/h10,13,21-23,26-28H,2,4-9,11-12,14-19H2,1,3H3/b13-10-/t21-,22?,23?/m1/s1. The van der Waals surface area contributed by atoms with Crippen molar-refractivity contribution in [2.75, 3.05) is 13.2 Å². The van der Waals surface area contributed by atoms with Crippen LogP contribution in [-0.4, -0.2) is 52.5 Å². The summed E-state index contributed by atoms with van der Waals surface area (Å²) in [7, 11) is 0. The number of ketones is 1. The fourth-order valence-corrected chi connectivity index (χ4v) is 3.24. The first-order chi connectivity index (χ1) is 14.8. The zero-order valence-electron chi connectivity index (χ0n) is 19.6. The van der Waals surface area contributed by atoms with Gasteiger partial charge in [0, 0.05) is 0 Å². The van der Waals surface area contributed by atoms with Crippen molar-refractivity contribution in [3.8, 4) is 0 Å². The number of rotatable bonds is 20. The predicted molar refractivity (Wildman–Crippen MR) is 124 cm³/mol. The molecule has 2 unspecified atom stereocenters. The largest absolute Gasteiger partial charge is 0.462 e. The molecule has 0 saturated heterocycles. The maximum atomic E-state index is 12.2. The van der Waals surface area contributed by atoms with E-state index in [1.54, 1.807) is 6.92 Å². The van der Waals surface area contributed by atoms with Crippen LogP contribution in [0.4, 0.5) is 0 Å². The molecule has 0 fully saturated rings. The molecular weight excluding hydrogens is 396 g/mol. The van der Waals surface area contributed by atoms with Crippen LogP contribution in [-0.2, 0) is 14.3 Å². The molecule has 0 aromatic heterocycles. The maximum Gasteiger partial charge on any atom is 0.316 e. The van der Waals surface area contributed by atoms with Gasteiger partial charge in [0.15, 0.2) is 5.78 Å². The zero-order valence-corrected chi connectivity index (χ0v) is 19.6. The second-order valence-corrected chi connectivity index (χ2v) is 8.37. The van der Waals surface area contributed by atoms with Gasteiger partial charge in [-0.25, -0.2) is 0 Å². The van der Waals surface area contributed by atoms with E-state index in [1.165, 1.54) is 19.3 Å². The lowest BCUT2D eigenvalue weighted by Gasteiger charge is -2.16. The Bertz CT molecular complexity index is 528. The number of hydrogen-bond acceptors (Lipinski definition) is 6. The van der Waals surface area contributed by atoms with Gasteiger partial charge in [-0.05, 0) is 44.6 Å². The van der Waals surface area contributed by atoms with Crippen LogP contribution in [0.25, 0.3) is 0 Å². The van der Waals surface area contributed by atoms with Gasteiger partial charge in [-0.1, -0.05) is 70.6 Å². The van der Waals surface area contributed by atoms with Crippen LogP contribution in [0, 0.1) is 5.92 Å². The number of allylic oxidation sites excluding steroid dienone is 2. The van der Waals surface area contributed by atoms with E-state index in [-0.39, 0.29) is 18.5 Å². The van der Waals surface area contributed by atoms with Gasteiger partial charge in [0.05, 0.1) is 12.7 Å². The third-order valence-corrected chi connectivity index (χ3v) is 5.23. The Hall–Kier alpha value is -1.50. The summed E-state index contributed by atoms with van der Waals surface area (Å²) < 4.78 is 4.97. The van der Waals surface area contributed by atoms with Crippen molar-refractivity contribution in [1.82, 2.24) is 0 Å². The van der Waals surface area contributed by atoms with Crippen LogP contribution in [0.1, 0.15) is 90.9 Å². The van der Waals surface area contributed by atoms with E-state index >= 15 is 0 Å². The smallest absolute Gasteiger partial charge is 0.316 e. The Kier molecular flexibility index (Phi) is 18.3. The number of Topliss-reactive ketones (excluding diaryl/α,β-unsaturated/α-hetero) is 1. The van der Waals surface area contributed by atoms with Gasteiger partial charge in [0.1, 0.15) is 18.6 Å². The first-order valence-electron chi connectivity index (χ1n) is 11.8. The number of esters is 1. The van der Waals surface area contributed by atoms with Gasteiger partial charge in [0.25, 0.3) is 0 Å². The highest BCUT2D eigenvalue weighted by atomic mass is 16.5. The van der Waals surface area contributed by atoms with Gasteiger partial charge in [-0.15, -0.1) is 0 Å². The number of carbonyl (C=O) groups is 2. The van der Waals surface area contributed by atoms with Gasteiger partial charge in [0.2, 0.25) is 0 Å². The number of ether oxygens (including phenoxy) is 1. The Labute approximate surface area is 188 Å². The molecule has 0 aliphatic carbocycles. The minimum Gasteiger partial charge on any atom is -0.462 e. The Morgan fingerprint density at radius 2 is 1.58 bits per heavy atom. The van der Waals surface area contributed by atoms with Crippen molar-refractivity contribution in [1.29, 1.82) is 0 Å². The number of unbranched alkanes of at least 4 members (excludes halogenated alkanes) is 7. The number of hydrogen-bond donors (Lipinski definition) is 3. The summed E-state index contributed by atoms with van der Waals surface area (Å²) in [5, 5.41) is 28.0. The van der Waals surface area contributed by atoms with Crippen LogP contribution in [0.2, 0.25) is 0 Å². The summed E-state index contributed by atoms with van der Waals surface area (Å²) in [6.07, 6.45) is 14.1. The van der Waals surface area contributed by atoms with Crippen molar-refractivity contribution in [2.24, 2.45) is 5.92 Å². The SMILES string of the molecule is C=C(C)C(=O)C(CCCCCC/C=C\C[C@H](O)CCCCCC)C(=O)OCC(O)CO. The highest BCUT2D eigenvalue weighted by Crippen LogP contribution is 2.18. The summed E-state index contributed by atoms with van der Waals surface area (Å²) in [5.41, 5.74) is 0.308. The van der Waals surface area contributed by atoms with Crippen molar-refractivity contribution >= 4 is 11.8 Å². The lowest BCUT2D eigenvalue weighted by atomic mass is 9.93. The fourth-order valence-electron chi connectivity index (χ4n) is 3.24. The third kappa shape index (κ3) is 15.9. The molecule has 6 nitrogen and oxygen atoms in total. The summed E-state index contributed by atoms with van der Waals surface area (Å²) in [6, 6.07) is 0. The quantitative estimate of drug-likeness (QED) is 0.0859. The van der Waals surface area contributed by atoms with Crippen LogP contribution < -0.4 is 0 Å². The average Bonchev–Trinajstić information content (AvgIpc) is 2.75. The molecule has 0 heterocycles. The fraction of sp³-hybridized carbons (Fsp3) is 0.760. The summed E-state index contributed by atoms with van der Waals surface area (Å²) in [6.45, 7) is 6.55. The molecule has 6 heteroatoms. The lowest BCUT2D eigenvalue weighted by Crippen LogP contribution is -2.30.